The largest absolute Gasteiger partial charge is 0.436 e. The molecule has 2 aromatic rings. The van der Waals surface area contributed by atoms with Crippen LogP contribution in [0.2, 0.25) is 5.02 Å². The standard InChI is InChI=1S/C15H14ClFN2O/c16-12-4-1-5-13(14(12)17)20-15-10(3-2-8-18-15)9-19-11-6-7-11/h1-5,8,11,19H,6-7,9H2. The molecule has 1 aliphatic rings. The van der Waals surface area contributed by atoms with E-state index in [0.717, 1.165) is 5.56 Å². The average molecular weight is 293 g/mol. The maximum Gasteiger partial charge on any atom is 0.223 e. The van der Waals surface area contributed by atoms with E-state index in [2.05, 4.69) is 10.3 Å². The monoisotopic (exact) mass is 292 g/mol. The lowest BCUT2D eigenvalue weighted by molar-refractivity contribution is 0.420. The summed E-state index contributed by atoms with van der Waals surface area (Å²) in [6, 6.07) is 9.01. The number of pyridine rings is 1. The van der Waals surface area contributed by atoms with Crippen LogP contribution in [0.1, 0.15) is 18.4 Å². The molecule has 0 saturated heterocycles. The van der Waals surface area contributed by atoms with Crippen LogP contribution in [0.15, 0.2) is 36.5 Å². The van der Waals surface area contributed by atoms with Crippen LogP contribution in [0, 0.1) is 5.82 Å². The molecule has 1 aromatic carbocycles. The van der Waals surface area contributed by atoms with Gasteiger partial charge < -0.3 is 10.1 Å². The molecule has 0 aliphatic heterocycles. The molecule has 1 saturated carbocycles. The highest BCUT2D eigenvalue weighted by Gasteiger charge is 2.21. The molecule has 0 amide bonds. The molecular weight excluding hydrogens is 279 g/mol. The molecular formula is C15H14ClFN2O. The quantitative estimate of drug-likeness (QED) is 0.907. The third-order valence-electron chi connectivity index (χ3n) is 3.13. The van der Waals surface area contributed by atoms with E-state index in [1.54, 1.807) is 12.3 Å². The number of halogens is 2. The zero-order valence-electron chi connectivity index (χ0n) is 10.8. The van der Waals surface area contributed by atoms with E-state index in [9.17, 15) is 4.39 Å². The average Bonchev–Trinajstić information content (AvgIpc) is 3.27. The fraction of sp³-hybridized carbons (Fsp3) is 0.267. The van der Waals surface area contributed by atoms with E-state index in [0.29, 0.717) is 18.5 Å². The Bertz CT molecular complexity index is 617. The van der Waals surface area contributed by atoms with Crippen LogP contribution in [-0.4, -0.2) is 11.0 Å². The minimum absolute atomic E-state index is 0.0380. The molecule has 104 valence electrons. The van der Waals surface area contributed by atoms with Gasteiger partial charge in [-0.15, -0.1) is 0 Å². The van der Waals surface area contributed by atoms with Gasteiger partial charge in [0.1, 0.15) is 0 Å². The van der Waals surface area contributed by atoms with Gasteiger partial charge in [-0.2, -0.15) is 0 Å². The van der Waals surface area contributed by atoms with Crippen LogP contribution in [0.4, 0.5) is 4.39 Å². The van der Waals surface area contributed by atoms with Gasteiger partial charge in [0.2, 0.25) is 5.88 Å². The molecule has 1 N–H and O–H groups in total. The summed E-state index contributed by atoms with van der Waals surface area (Å²) in [7, 11) is 0. The molecule has 1 aromatic heterocycles. The molecule has 5 heteroatoms. The van der Waals surface area contributed by atoms with Crippen molar-refractivity contribution in [2.75, 3.05) is 0 Å². The lowest BCUT2D eigenvalue weighted by atomic mass is 10.2. The molecule has 0 spiro atoms. The van der Waals surface area contributed by atoms with E-state index in [1.165, 1.54) is 25.0 Å². The number of nitrogens with one attached hydrogen (secondary N) is 1. The van der Waals surface area contributed by atoms with Gasteiger partial charge in [0.05, 0.1) is 5.02 Å². The summed E-state index contributed by atoms with van der Waals surface area (Å²) in [6.07, 6.45) is 4.04. The number of ether oxygens (including phenoxy) is 1. The van der Waals surface area contributed by atoms with Crippen molar-refractivity contribution in [3.05, 3.63) is 52.9 Å². The Morgan fingerprint density at radius 2 is 2.15 bits per heavy atom. The molecule has 3 rings (SSSR count). The fourth-order valence-corrected chi connectivity index (χ4v) is 2.03. The Labute approximate surface area is 121 Å². The Morgan fingerprint density at radius 3 is 2.95 bits per heavy atom. The molecule has 1 fully saturated rings. The van der Waals surface area contributed by atoms with Gasteiger partial charge >= 0.3 is 0 Å². The smallest absolute Gasteiger partial charge is 0.223 e. The summed E-state index contributed by atoms with van der Waals surface area (Å²) >= 11 is 5.74. The lowest BCUT2D eigenvalue weighted by Gasteiger charge is -2.11. The lowest BCUT2D eigenvalue weighted by Crippen LogP contribution is -2.16. The Kier molecular flexibility index (Phi) is 3.85. The van der Waals surface area contributed by atoms with E-state index >= 15 is 0 Å². The van der Waals surface area contributed by atoms with Crippen LogP contribution >= 0.6 is 11.6 Å². The van der Waals surface area contributed by atoms with Crippen LogP contribution < -0.4 is 10.1 Å². The second-order valence-corrected chi connectivity index (χ2v) is 5.18. The van der Waals surface area contributed by atoms with E-state index in [4.69, 9.17) is 16.3 Å². The maximum absolute atomic E-state index is 13.8. The van der Waals surface area contributed by atoms with Gasteiger partial charge in [0, 0.05) is 24.3 Å². The molecule has 3 nitrogen and oxygen atoms in total. The number of rotatable bonds is 5. The molecule has 0 atom stereocenters. The number of hydrogen-bond donors (Lipinski definition) is 1. The fourth-order valence-electron chi connectivity index (χ4n) is 1.86. The Balaban J connectivity index is 1.80. The topological polar surface area (TPSA) is 34.1 Å². The van der Waals surface area contributed by atoms with Crippen molar-refractivity contribution in [3.8, 4) is 11.6 Å². The van der Waals surface area contributed by atoms with E-state index in [1.807, 2.05) is 12.1 Å². The molecule has 1 heterocycles. The molecule has 0 unspecified atom stereocenters. The van der Waals surface area contributed by atoms with Crippen LogP contribution in [0.25, 0.3) is 0 Å². The second kappa shape index (κ2) is 5.77. The first-order chi connectivity index (χ1) is 9.74. The highest BCUT2D eigenvalue weighted by molar-refractivity contribution is 6.30. The van der Waals surface area contributed by atoms with Crippen LogP contribution in [0.3, 0.4) is 0 Å². The van der Waals surface area contributed by atoms with E-state index in [-0.39, 0.29) is 10.8 Å². The minimum Gasteiger partial charge on any atom is -0.436 e. The number of nitrogens with zero attached hydrogens (tertiary/aromatic N) is 1. The third-order valence-corrected chi connectivity index (χ3v) is 3.42. The van der Waals surface area contributed by atoms with Gasteiger partial charge in [-0.05, 0) is 31.0 Å². The van der Waals surface area contributed by atoms with Gasteiger partial charge in [-0.1, -0.05) is 23.7 Å². The predicted molar refractivity (Wildman–Crippen MR) is 75.6 cm³/mol. The molecule has 1 aliphatic carbocycles. The predicted octanol–water partition coefficient (Wildman–Crippen LogP) is 3.92. The second-order valence-electron chi connectivity index (χ2n) is 4.78. The summed E-state index contributed by atoms with van der Waals surface area (Å²) in [6.45, 7) is 0.663. The van der Waals surface area contributed by atoms with Crippen molar-refractivity contribution in [3.63, 3.8) is 0 Å². The number of hydrogen-bond acceptors (Lipinski definition) is 3. The first-order valence-electron chi connectivity index (χ1n) is 6.53. The third kappa shape index (κ3) is 3.08. The van der Waals surface area contributed by atoms with Crippen LogP contribution in [-0.2, 0) is 6.54 Å². The van der Waals surface area contributed by atoms with Crippen molar-refractivity contribution in [2.45, 2.75) is 25.4 Å². The van der Waals surface area contributed by atoms with Crippen LogP contribution in [0.5, 0.6) is 11.6 Å². The van der Waals surface area contributed by atoms with Gasteiger partial charge in [0.25, 0.3) is 0 Å². The highest BCUT2D eigenvalue weighted by Crippen LogP contribution is 2.29. The first kappa shape index (κ1) is 13.3. The van der Waals surface area contributed by atoms with Crippen molar-refractivity contribution in [2.24, 2.45) is 0 Å². The number of benzene rings is 1. The van der Waals surface area contributed by atoms with Crippen molar-refractivity contribution < 1.29 is 9.13 Å². The molecule has 0 bridgehead atoms. The first-order valence-corrected chi connectivity index (χ1v) is 6.91. The Hall–Kier alpha value is -1.65. The van der Waals surface area contributed by atoms with Crippen molar-refractivity contribution >= 4 is 11.6 Å². The summed E-state index contributed by atoms with van der Waals surface area (Å²) in [5, 5.41) is 3.42. The van der Waals surface area contributed by atoms with Gasteiger partial charge in [0.15, 0.2) is 11.6 Å². The van der Waals surface area contributed by atoms with Gasteiger partial charge in [-0.3, -0.25) is 0 Å². The van der Waals surface area contributed by atoms with Crippen molar-refractivity contribution in [1.82, 2.24) is 10.3 Å². The summed E-state index contributed by atoms with van der Waals surface area (Å²) in [4.78, 5) is 4.17. The summed E-state index contributed by atoms with van der Waals surface area (Å²) in [5.41, 5.74) is 0.902. The summed E-state index contributed by atoms with van der Waals surface area (Å²) in [5.74, 6) is -0.0772. The summed E-state index contributed by atoms with van der Waals surface area (Å²) < 4.78 is 19.4. The van der Waals surface area contributed by atoms with Crippen molar-refractivity contribution in [1.29, 1.82) is 0 Å². The number of aromatic nitrogens is 1. The van der Waals surface area contributed by atoms with Gasteiger partial charge in [-0.25, -0.2) is 9.37 Å². The normalized spacial score (nSPS) is 14.3. The zero-order valence-corrected chi connectivity index (χ0v) is 11.5. The minimum atomic E-state index is -0.569. The SMILES string of the molecule is Fc1c(Cl)cccc1Oc1ncccc1CNC1CC1. The maximum atomic E-state index is 13.8. The molecule has 20 heavy (non-hydrogen) atoms. The zero-order chi connectivity index (χ0) is 13.9. The Morgan fingerprint density at radius 1 is 1.30 bits per heavy atom. The molecule has 0 radical (unpaired) electrons. The highest BCUT2D eigenvalue weighted by atomic mass is 35.5. The van der Waals surface area contributed by atoms with E-state index < -0.39 is 5.82 Å².